The molecule has 47 heavy (non-hydrogen) atoms. The van der Waals surface area contributed by atoms with Gasteiger partial charge in [-0.15, -0.1) is 0 Å². The Morgan fingerprint density at radius 2 is 1.11 bits per heavy atom. The molecule has 0 rings (SSSR count). The van der Waals surface area contributed by atoms with E-state index in [1.807, 2.05) is 20.8 Å². The minimum absolute atomic E-state index is 0.0759. The van der Waals surface area contributed by atoms with Crippen LogP contribution in [0.4, 0.5) is 0 Å². The van der Waals surface area contributed by atoms with Gasteiger partial charge in [0.1, 0.15) is 0 Å². The first kappa shape index (κ1) is 46.8. The highest BCUT2D eigenvalue weighted by molar-refractivity contribution is 6.57. The summed E-state index contributed by atoms with van der Waals surface area (Å²) in [7, 11) is -6.41. The third-order valence-electron chi connectivity index (χ3n) is 6.64. The third-order valence-corrected chi connectivity index (χ3v) is 9.33. The molecule has 0 bridgehead atoms. The van der Waals surface area contributed by atoms with E-state index >= 15 is 0 Å². The average molecular weight is 722 g/mol. The maximum atomic E-state index is 10.5. The van der Waals surface area contributed by atoms with Crippen LogP contribution in [-0.4, -0.2) is 198 Å². The van der Waals surface area contributed by atoms with Crippen molar-refractivity contribution in [3.8, 4) is 0 Å². The topological polar surface area (TPSA) is 250 Å². The molecule has 0 aromatic rings. The highest BCUT2D eigenvalue weighted by Crippen LogP contribution is 2.07. The monoisotopic (exact) mass is 721 g/mol. The fraction of sp³-hybridized carbons (Fsp3) is 1.00. The number of hydrogen-bond donors (Lipinski definition) is 12. The SMILES string of the molecule is CO[Si](O)(O)CCCOCC(O)CN(CCNCCNCCNCC(O)COC(C)(C)C)CCNCC(O)COCCC[Si](O)(O)O. The maximum Gasteiger partial charge on any atom is 0.495 e. The van der Waals surface area contributed by atoms with Crippen LogP contribution in [0.25, 0.3) is 0 Å². The lowest BCUT2D eigenvalue weighted by Crippen LogP contribution is -2.44. The number of aliphatic hydroxyl groups excluding tert-OH is 3. The lowest BCUT2D eigenvalue weighted by atomic mass is 10.2. The molecule has 0 amide bonds. The van der Waals surface area contributed by atoms with Gasteiger partial charge in [0.2, 0.25) is 0 Å². The summed E-state index contributed by atoms with van der Waals surface area (Å²) >= 11 is 0. The minimum Gasteiger partial charge on any atom is -0.390 e. The van der Waals surface area contributed by atoms with Crippen LogP contribution in [-0.2, 0) is 18.6 Å². The molecule has 17 nitrogen and oxygen atoms in total. The van der Waals surface area contributed by atoms with Crippen LogP contribution < -0.4 is 21.3 Å². The Morgan fingerprint density at radius 1 is 0.638 bits per heavy atom. The molecule has 0 spiro atoms. The van der Waals surface area contributed by atoms with Crippen LogP contribution in [0.5, 0.6) is 0 Å². The first-order valence-corrected chi connectivity index (χ1v) is 20.6. The zero-order valence-electron chi connectivity index (χ0n) is 29.0. The lowest BCUT2D eigenvalue weighted by Gasteiger charge is -2.26. The summed E-state index contributed by atoms with van der Waals surface area (Å²) in [6.07, 6.45) is -1.35. The Labute approximate surface area is 283 Å². The Morgan fingerprint density at radius 3 is 1.66 bits per heavy atom. The second-order valence-electron chi connectivity index (χ2n) is 12.7. The number of aliphatic hydroxyl groups is 3. The van der Waals surface area contributed by atoms with E-state index in [1.54, 1.807) is 0 Å². The molecule has 3 unspecified atom stereocenters. The molecule has 3 atom stereocenters. The van der Waals surface area contributed by atoms with Gasteiger partial charge < -0.3 is 79.2 Å². The van der Waals surface area contributed by atoms with Gasteiger partial charge in [-0.05, 0) is 33.6 Å². The lowest BCUT2D eigenvalue weighted by molar-refractivity contribution is -0.0477. The average Bonchev–Trinajstić information content (AvgIpc) is 2.97. The van der Waals surface area contributed by atoms with E-state index in [1.165, 1.54) is 7.11 Å². The summed E-state index contributed by atoms with van der Waals surface area (Å²) in [5, 5.41) is 43.7. The van der Waals surface area contributed by atoms with Crippen molar-refractivity contribution >= 4 is 17.6 Å². The van der Waals surface area contributed by atoms with Crippen molar-refractivity contribution in [3.63, 3.8) is 0 Å². The second-order valence-corrected chi connectivity index (χ2v) is 17.1. The fourth-order valence-corrected chi connectivity index (χ4v) is 5.51. The van der Waals surface area contributed by atoms with Crippen molar-refractivity contribution in [1.29, 1.82) is 0 Å². The van der Waals surface area contributed by atoms with Gasteiger partial charge >= 0.3 is 17.6 Å². The van der Waals surface area contributed by atoms with Crippen molar-refractivity contribution in [2.75, 3.05) is 112 Å². The second kappa shape index (κ2) is 27.5. The van der Waals surface area contributed by atoms with Gasteiger partial charge in [0.25, 0.3) is 0 Å². The minimum atomic E-state index is -4.06. The predicted molar refractivity (Wildman–Crippen MR) is 182 cm³/mol. The summed E-state index contributed by atoms with van der Waals surface area (Å²) in [5.41, 5.74) is -0.274. The molecular weight excluding hydrogens is 655 g/mol. The first-order valence-electron chi connectivity index (χ1n) is 16.6. The molecule has 0 radical (unpaired) electrons. The van der Waals surface area contributed by atoms with Gasteiger partial charge in [0.05, 0.1) is 43.7 Å². The normalized spacial score (nSPS) is 15.0. The van der Waals surface area contributed by atoms with Gasteiger partial charge in [-0.3, -0.25) is 4.90 Å². The van der Waals surface area contributed by atoms with Crippen LogP contribution >= 0.6 is 0 Å². The standard InChI is InChI=1S/C28H67N5O12Si2/c1-28(2,3)45-24-26(35)20-31-10-9-29-7-8-30-11-13-33(21-27(36)23-44-16-6-18-47(40,41)42-4)14-12-32-19-25(34)22-43-15-5-17-46(37,38)39/h25-27,29-32,34-41H,5-24H2,1-4H3. The zero-order chi connectivity index (χ0) is 35.6. The van der Waals surface area contributed by atoms with Crippen molar-refractivity contribution < 1.29 is 57.9 Å². The van der Waals surface area contributed by atoms with Crippen LogP contribution in [0.15, 0.2) is 0 Å². The van der Waals surface area contributed by atoms with Crippen LogP contribution in [0.2, 0.25) is 12.1 Å². The predicted octanol–water partition coefficient (Wildman–Crippen LogP) is -4.16. The summed E-state index contributed by atoms with van der Waals surface area (Å²) in [4.78, 5) is 48.3. The van der Waals surface area contributed by atoms with E-state index in [2.05, 4.69) is 30.6 Å². The number of nitrogens with zero attached hydrogens (tertiary/aromatic N) is 1. The number of ether oxygens (including phenoxy) is 3. The Balaban J connectivity index is 4.31. The van der Waals surface area contributed by atoms with Gasteiger partial charge in [-0.25, -0.2) is 0 Å². The third kappa shape index (κ3) is 34.0. The number of nitrogens with one attached hydrogen (secondary N) is 4. The summed E-state index contributed by atoms with van der Waals surface area (Å²) in [6, 6.07) is 0.0104. The van der Waals surface area contributed by atoms with E-state index in [0.717, 1.165) is 26.2 Å². The van der Waals surface area contributed by atoms with E-state index < -0.39 is 35.9 Å². The van der Waals surface area contributed by atoms with Crippen LogP contribution in [0.1, 0.15) is 33.6 Å². The van der Waals surface area contributed by atoms with Crippen molar-refractivity contribution in [2.24, 2.45) is 0 Å². The van der Waals surface area contributed by atoms with E-state index in [-0.39, 0.29) is 50.5 Å². The Kier molecular flexibility index (Phi) is 27.3. The van der Waals surface area contributed by atoms with Gasteiger partial charge in [-0.1, -0.05) is 0 Å². The fourth-order valence-electron chi connectivity index (χ4n) is 4.08. The molecule has 0 heterocycles. The van der Waals surface area contributed by atoms with Gasteiger partial charge in [-0.2, -0.15) is 0 Å². The molecule has 12 N–H and O–H groups in total. The Bertz CT molecular complexity index is 726. The molecule has 0 aliphatic rings. The molecule has 0 saturated heterocycles. The smallest absolute Gasteiger partial charge is 0.390 e. The summed E-state index contributed by atoms with van der Waals surface area (Å²) in [5.74, 6) is 0. The highest BCUT2D eigenvalue weighted by Gasteiger charge is 2.29. The highest BCUT2D eigenvalue weighted by atomic mass is 28.4. The molecule has 0 aromatic heterocycles. The van der Waals surface area contributed by atoms with Crippen molar-refractivity contribution in [2.45, 2.75) is 69.6 Å². The molecule has 0 fully saturated rings. The van der Waals surface area contributed by atoms with Gasteiger partial charge in [0.15, 0.2) is 0 Å². The van der Waals surface area contributed by atoms with E-state index in [4.69, 9.17) is 28.6 Å². The maximum absolute atomic E-state index is 10.5. The largest absolute Gasteiger partial charge is 0.495 e. The summed E-state index contributed by atoms with van der Waals surface area (Å²) < 4.78 is 21.1. The molecule has 284 valence electrons. The molecular formula is C28H67N5O12Si2. The van der Waals surface area contributed by atoms with Crippen LogP contribution in [0.3, 0.4) is 0 Å². The number of hydrogen-bond acceptors (Lipinski definition) is 17. The van der Waals surface area contributed by atoms with Crippen LogP contribution in [0, 0.1) is 0 Å². The molecule has 0 aliphatic carbocycles. The molecule has 19 heteroatoms. The molecule has 0 aliphatic heterocycles. The quantitative estimate of drug-likeness (QED) is 0.0227. The van der Waals surface area contributed by atoms with Crippen molar-refractivity contribution in [3.05, 3.63) is 0 Å². The molecule has 0 saturated carbocycles. The molecule has 0 aromatic carbocycles. The van der Waals surface area contributed by atoms with E-state index in [0.29, 0.717) is 58.8 Å². The van der Waals surface area contributed by atoms with Gasteiger partial charge in [0, 0.05) is 104 Å². The van der Waals surface area contributed by atoms with Crippen molar-refractivity contribution in [1.82, 2.24) is 26.2 Å². The van der Waals surface area contributed by atoms with E-state index in [9.17, 15) is 24.9 Å². The zero-order valence-corrected chi connectivity index (χ0v) is 31.0. The Hall–Kier alpha value is -0.246. The summed E-state index contributed by atoms with van der Waals surface area (Å²) in [6.45, 7) is 13.5. The number of rotatable bonds is 33. The first-order chi connectivity index (χ1) is 22.0.